The van der Waals surface area contributed by atoms with E-state index in [9.17, 15) is 4.79 Å². The number of aromatic nitrogens is 5. The molecule has 0 bridgehead atoms. The van der Waals surface area contributed by atoms with Crippen molar-refractivity contribution in [1.29, 1.82) is 0 Å². The van der Waals surface area contributed by atoms with E-state index in [1.165, 1.54) is 5.56 Å². The Balaban J connectivity index is 1.64. The zero-order valence-electron chi connectivity index (χ0n) is 13.0. The summed E-state index contributed by atoms with van der Waals surface area (Å²) >= 11 is 0. The van der Waals surface area contributed by atoms with Crippen molar-refractivity contribution in [1.82, 2.24) is 30.3 Å². The summed E-state index contributed by atoms with van der Waals surface area (Å²) in [6, 6.07) is 9.92. The number of hydrogen-bond acceptors (Lipinski definition) is 4. The number of hydrogen-bond donors (Lipinski definition) is 2. The molecule has 0 fully saturated rings. The highest BCUT2D eigenvalue weighted by Crippen LogP contribution is 2.12. The maximum Gasteiger partial charge on any atom is 0.291 e. The predicted molar refractivity (Wildman–Crippen MR) is 84.8 cm³/mol. The molecular formula is C16H18N6O. The predicted octanol–water partition coefficient (Wildman–Crippen LogP) is 1.85. The molecule has 0 saturated carbocycles. The van der Waals surface area contributed by atoms with Gasteiger partial charge >= 0.3 is 0 Å². The highest BCUT2D eigenvalue weighted by atomic mass is 16.2. The summed E-state index contributed by atoms with van der Waals surface area (Å²) in [5, 5.41) is 13.7. The third-order valence-electron chi connectivity index (χ3n) is 3.49. The standard InChI is InChI=1S/C16H18N6O/c1-11(18-16(23)15-19-12(2)20-21-15)14-8-17-22(10-14)9-13-6-4-3-5-7-13/h3-8,10-11H,9H2,1-2H3,(H,18,23)(H,19,20,21). The number of nitrogens with zero attached hydrogens (tertiary/aromatic N) is 4. The smallest absolute Gasteiger partial charge is 0.291 e. The Labute approximate surface area is 133 Å². The van der Waals surface area contributed by atoms with Crippen molar-refractivity contribution in [3.8, 4) is 0 Å². The molecule has 7 nitrogen and oxygen atoms in total. The first kappa shape index (κ1) is 15.0. The lowest BCUT2D eigenvalue weighted by Gasteiger charge is -2.10. The Bertz CT molecular complexity index is 792. The summed E-state index contributed by atoms with van der Waals surface area (Å²) in [7, 11) is 0. The van der Waals surface area contributed by atoms with Crippen molar-refractivity contribution >= 4 is 5.91 Å². The zero-order chi connectivity index (χ0) is 16.2. The fourth-order valence-corrected chi connectivity index (χ4v) is 2.25. The molecule has 118 valence electrons. The van der Waals surface area contributed by atoms with E-state index in [1.807, 2.05) is 36.0 Å². The maximum absolute atomic E-state index is 12.1. The normalized spacial score (nSPS) is 12.1. The van der Waals surface area contributed by atoms with Crippen LogP contribution in [0, 0.1) is 6.92 Å². The number of carbonyl (C=O) groups excluding carboxylic acids is 1. The molecule has 2 N–H and O–H groups in total. The van der Waals surface area contributed by atoms with Gasteiger partial charge in [-0.3, -0.25) is 14.6 Å². The molecular weight excluding hydrogens is 292 g/mol. The third kappa shape index (κ3) is 3.63. The molecule has 2 aromatic heterocycles. The van der Waals surface area contributed by atoms with Gasteiger partial charge in [0.25, 0.3) is 5.91 Å². The van der Waals surface area contributed by atoms with Crippen LogP contribution in [0.4, 0.5) is 0 Å². The van der Waals surface area contributed by atoms with Gasteiger partial charge in [0.1, 0.15) is 5.82 Å². The molecule has 2 heterocycles. The minimum absolute atomic E-state index is 0.144. The van der Waals surface area contributed by atoms with Gasteiger partial charge in [-0.2, -0.15) is 5.10 Å². The van der Waals surface area contributed by atoms with Crippen LogP contribution in [0.3, 0.4) is 0 Å². The van der Waals surface area contributed by atoms with E-state index in [-0.39, 0.29) is 17.8 Å². The summed E-state index contributed by atoms with van der Waals surface area (Å²) < 4.78 is 1.85. The molecule has 3 aromatic rings. The molecule has 1 aromatic carbocycles. The Morgan fingerprint density at radius 3 is 2.83 bits per heavy atom. The molecule has 3 rings (SSSR count). The van der Waals surface area contributed by atoms with E-state index in [2.05, 4.69) is 37.7 Å². The summed E-state index contributed by atoms with van der Waals surface area (Å²) in [6.07, 6.45) is 3.69. The first-order valence-electron chi connectivity index (χ1n) is 7.38. The minimum atomic E-state index is -0.308. The lowest BCUT2D eigenvalue weighted by Crippen LogP contribution is -2.27. The average molecular weight is 310 g/mol. The van der Waals surface area contributed by atoms with Gasteiger partial charge in [-0.15, -0.1) is 5.10 Å². The molecule has 0 spiro atoms. The number of amides is 1. The van der Waals surface area contributed by atoms with Crippen molar-refractivity contribution in [2.45, 2.75) is 26.4 Å². The van der Waals surface area contributed by atoms with Crippen molar-refractivity contribution in [3.63, 3.8) is 0 Å². The Morgan fingerprint density at radius 2 is 2.13 bits per heavy atom. The van der Waals surface area contributed by atoms with E-state index < -0.39 is 0 Å². The van der Waals surface area contributed by atoms with Crippen LogP contribution in [0.15, 0.2) is 42.7 Å². The van der Waals surface area contributed by atoms with Crippen LogP contribution < -0.4 is 5.32 Å². The van der Waals surface area contributed by atoms with Gasteiger partial charge in [-0.25, -0.2) is 4.98 Å². The molecule has 0 saturated heterocycles. The number of aromatic amines is 1. The number of carbonyl (C=O) groups is 1. The molecule has 0 radical (unpaired) electrons. The molecule has 7 heteroatoms. The second kappa shape index (κ2) is 6.43. The number of aryl methyl sites for hydroxylation is 1. The van der Waals surface area contributed by atoms with Gasteiger partial charge in [-0.1, -0.05) is 30.3 Å². The Hall–Kier alpha value is -2.96. The average Bonchev–Trinajstić information content (AvgIpc) is 3.17. The quantitative estimate of drug-likeness (QED) is 0.752. The third-order valence-corrected chi connectivity index (χ3v) is 3.49. The van der Waals surface area contributed by atoms with Crippen LogP contribution in [-0.4, -0.2) is 30.9 Å². The van der Waals surface area contributed by atoms with Crippen molar-refractivity contribution in [2.24, 2.45) is 0 Å². The van der Waals surface area contributed by atoms with Crippen molar-refractivity contribution < 1.29 is 4.79 Å². The highest BCUT2D eigenvalue weighted by molar-refractivity contribution is 5.90. The monoisotopic (exact) mass is 310 g/mol. The van der Waals surface area contributed by atoms with E-state index >= 15 is 0 Å². The highest BCUT2D eigenvalue weighted by Gasteiger charge is 2.16. The van der Waals surface area contributed by atoms with Crippen LogP contribution in [0.25, 0.3) is 0 Å². The largest absolute Gasteiger partial charge is 0.343 e. The van der Waals surface area contributed by atoms with Gasteiger partial charge in [-0.05, 0) is 19.4 Å². The second-order valence-corrected chi connectivity index (χ2v) is 5.40. The topological polar surface area (TPSA) is 88.5 Å². The molecule has 23 heavy (non-hydrogen) atoms. The molecule has 0 aliphatic rings. The van der Waals surface area contributed by atoms with Gasteiger partial charge in [0.2, 0.25) is 5.82 Å². The number of H-pyrrole nitrogens is 1. The molecule has 1 unspecified atom stereocenters. The van der Waals surface area contributed by atoms with E-state index in [1.54, 1.807) is 13.1 Å². The fourth-order valence-electron chi connectivity index (χ4n) is 2.25. The molecule has 0 aliphatic carbocycles. The van der Waals surface area contributed by atoms with E-state index in [0.29, 0.717) is 12.4 Å². The summed E-state index contributed by atoms with van der Waals surface area (Å²) in [5.74, 6) is 0.446. The lowest BCUT2D eigenvalue weighted by molar-refractivity contribution is 0.0929. The fraction of sp³-hybridized carbons (Fsp3) is 0.250. The van der Waals surface area contributed by atoms with E-state index in [4.69, 9.17) is 0 Å². The van der Waals surface area contributed by atoms with Gasteiger partial charge in [0.05, 0.1) is 18.8 Å². The first-order chi connectivity index (χ1) is 11.1. The SMILES string of the molecule is Cc1nc(C(=O)NC(C)c2cnn(Cc3ccccc3)c2)n[nH]1. The number of nitrogens with one attached hydrogen (secondary N) is 2. The van der Waals surface area contributed by atoms with Crippen LogP contribution in [0.2, 0.25) is 0 Å². The van der Waals surface area contributed by atoms with Gasteiger partial charge in [0, 0.05) is 11.8 Å². The first-order valence-corrected chi connectivity index (χ1v) is 7.38. The molecule has 1 atom stereocenters. The van der Waals surface area contributed by atoms with Crippen LogP contribution in [0.5, 0.6) is 0 Å². The minimum Gasteiger partial charge on any atom is -0.343 e. The summed E-state index contributed by atoms with van der Waals surface area (Å²) in [6.45, 7) is 4.35. The Morgan fingerprint density at radius 1 is 1.35 bits per heavy atom. The van der Waals surface area contributed by atoms with Gasteiger partial charge in [0.15, 0.2) is 0 Å². The number of benzene rings is 1. The maximum atomic E-state index is 12.1. The second-order valence-electron chi connectivity index (χ2n) is 5.40. The molecule has 0 aliphatic heterocycles. The van der Waals surface area contributed by atoms with Crippen molar-refractivity contribution in [2.75, 3.05) is 0 Å². The summed E-state index contributed by atoms with van der Waals surface area (Å²) in [5.41, 5.74) is 2.11. The van der Waals surface area contributed by atoms with Crippen LogP contribution in [0.1, 0.15) is 40.5 Å². The molecule has 1 amide bonds. The van der Waals surface area contributed by atoms with E-state index in [0.717, 1.165) is 5.56 Å². The lowest BCUT2D eigenvalue weighted by atomic mass is 10.2. The zero-order valence-corrected chi connectivity index (χ0v) is 13.0. The van der Waals surface area contributed by atoms with Crippen LogP contribution >= 0.6 is 0 Å². The van der Waals surface area contributed by atoms with Crippen LogP contribution in [-0.2, 0) is 6.54 Å². The van der Waals surface area contributed by atoms with Gasteiger partial charge < -0.3 is 5.32 Å². The van der Waals surface area contributed by atoms with Crippen molar-refractivity contribution in [3.05, 3.63) is 65.5 Å². The summed E-state index contributed by atoms with van der Waals surface area (Å²) in [4.78, 5) is 16.1. The number of rotatable bonds is 5. The Kier molecular flexibility index (Phi) is 4.18.